The van der Waals surface area contributed by atoms with Crippen LogP contribution in [0.3, 0.4) is 0 Å². The number of aliphatic hydroxyl groups excluding tert-OH is 1. The Morgan fingerprint density at radius 3 is 2.85 bits per heavy atom. The number of rotatable bonds is 3. The van der Waals surface area contributed by atoms with Crippen LogP contribution in [0.4, 0.5) is 0 Å². The third kappa shape index (κ3) is 2.21. The first-order valence-corrected chi connectivity index (χ1v) is 4.68. The number of para-hydroxylation sites is 1. The van der Waals surface area contributed by atoms with Crippen LogP contribution in [0.15, 0.2) is 22.7 Å². The van der Waals surface area contributed by atoms with Gasteiger partial charge in [-0.1, -0.05) is 12.1 Å². The zero-order chi connectivity index (χ0) is 9.84. The van der Waals surface area contributed by atoms with E-state index in [1.54, 1.807) is 7.11 Å². The fourth-order valence-electron chi connectivity index (χ4n) is 1.13. The second-order valence-electron chi connectivity index (χ2n) is 2.65. The van der Waals surface area contributed by atoms with Crippen LogP contribution in [0.25, 0.3) is 0 Å². The standard InChI is InChI=1S/C9H12BrNO2/c1-13-9-6(8(11)5-12)3-2-4-7(9)10/h2-4,8,12H,5,11H2,1H3. The van der Waals surface area contributed by atoms with E-state index in [-0.39, 0.29) is 6.61 Å². The highest BCUT2D eigenvalue weighted by atomic mass is 79.9. The molecule has 3 nitrogen and oxygen atoms in total. The van der Waals surface area contributed by atoms with Crippen LogP contribution in [0, 0.1) is 0 Å². The second-order valence-corrected chi connectivity index (χ2v) is 3.51. The van der Waals surface area contributed by atoms with Crippen molar-refractivity contribution < 1.29 is 9.84 Å². The largest absolute Gasteiger partial charge is 0.495 e. The van der Waals surface area contributed by atoms with E-state index in [0.29, 0.717) is 5.75 Å². The van der Waals surface area contributed by atoms with Crippen LogP contribution in [0.5, 0.6) is 5.75 Å². The van der Waals surface area contributed by atoms with E-state index in [9.17, 15) is 0 Å². The van der Waals surface area contributed by atoms with Gasteiger partial charge >= 0.3 is 0 Å². The lowest BCUT2D eigenvalue weighted by Gasteiger charge is -2.14. The molecule has 0 saturated heterocycles. The summed E-state index contributed by atoms with van der Waals surface area (Å²) in [4.78, 5) is 0. The topological polar surface area (TPSA) is 55.5 Å². The number of hydrogen-bond donors (Lipinski definition) is 2. The molecule has 0 bridgehead atoms. The van der Waals surface area contributed by atoms with Crippen LogP contribution in [-0.2, 0) is 0 Å². The van der Waals surface area contributed by atoms with Crippen LogP contribution in [0.1, 0.15) is 11.6 Å². The quantitative estimate of drug-likeness (QED) is 0.848. The Morgan fingerprint density at radius 1 is 1.62 bits per heavy atom. The first-order chi connectivity index (χ1) is 6.20. The van der Waals surface area contributed by atoms with Crippen molar-refractivity contribution in [1.29, 1.82) is 0 Å². The Balaban J connectivity index is 3.12. The zero-order valence-electron chi connectivity index (χ0n) is 7.33. The molecule has 0 amide bonds. The SMILES string of the molecule is COc1c(Br)cccc1C(N)CO. The third-order valence-electron chi connectivity index (χ3n) is 1.80. The summed E-state index contributed by atoms with van der Waals surface area (Å²) in [5.74, 6) is 0.684. The van der Waals surface area contributed by atoms with Gasteiger partial charge in [0.25, 0.3) is 0 Å². The number of halogens is 1. The molecule has 0 heterocycles. The molecule has 0 fully saturated rings. The van der Waals surface area contributed by atoms with Gasteiger partial charge in [-0.05, 0) is 22.0 Å². The predicted octanol–water partition coefficient (Wildman–Crippen LogP) is 1.45. The van der Waals surface area contributed by atoms with E-state index in [0.717, 1.165) is 10.0 Å². The van der Waals surface area contributed by atoms with Gasteiger partial charge in [0.05, 0.1) is 24.2 Å². The van der Waals surface area contributed by atoms with Crippen molar-refractivity contribution >= 4 is 15.9 Å². The lowest BCUT2D eigenvalue weighted by Crippen LogP contribution is -2.15. The van der Waals surface area contributed by atoms with Crippen LogP contribution >= 0.6 is 15.9 Å². The van der Waals surface area contributed by atoms with Crippen LogP contribution in [-0.4, -0.2) is 18.8 Å². The molecule has 3 N–H and O–H groups in total. The monoisotopic (exact) mass is 245 g/mol. The molecular weight excluding hydrogens is 234 g/mol. The Kier molecular flexibility index (Phi) is 3.71. The number of hydrogen-bond acceptors (Lipinski definition) is 3. The molecule has 0 aliphatic heterocycles. The van der Waals surface area contributed by atoms with E-state index in [2.05, 4.69) is 15.9 Å². The Hall–Kier alpha value is -0.580. The molecule has 13 heavy (non-hydrogen) atoms. The van der Waals surface area contributed by atoms with Crippen molar-refractivity contribution in [3.8, 4) is 5.75 Å². The molecule has 4 heteroatoms. The number of benzene rings is 1. The van der Waals surface area contributed by atoms with Crippen LogP contribution < -0.4 is 10.5 Å². The van der Waals surface area contributed by atoms with Crippen molar-refractivity contribution in [2.75, 3.05) is 13.7 Å². The minimum Gasteiger partial charge on any atom is -0.495 e. The summed E-state index contributed by atoms with van der Waals surface area (Å²) in [5, 5.41) is 8.90. The van der Waals surface area contributed by atoms with Gasteiger partial charge in [-0.2, -0.15) is 0 Å². The highest BCUT2D eigenvalue weighted by molar-refractivity contribution is 9.10. The maximum Gasteiger partial charge on any atom is 0.137 e. The molecule has 0 spiro atoms. The molecule has 0 aliphatic carbocycles. The second kappa shape index (κ2) is 4.60. The first-order valence-electron chi connectivity index (χ1n) is 3.89. The maximum absolute atomic E-state index is 8.90. The van der Waals surface area contributed by atoms with Gasteiger partial charge < -0.3 is 15.6 Å². The number of aliphatic hydroxyl groups is 1. The predicted molar refractivity (Wildman–Crippen MR) is 54.7 cm³/mol. The number of ether oxygens (including phenoxy) is 1. The van der Waals surface area contributed by atoms with Crippen molar-refractivity contribution in [2.24, 2.45) is 5.73 Å². The molecule has 1 atom stereocenters. The lowest BCUT2D eigenvalue weighted by atomic mass is 10.1. The normalized spacial score (nSPS) is 12.6. The van der Waals surface area contributed by atoms with E-state index in [1.165, 1.54) is 0 Å². The van der Waals surface area contributed by atoms with Crippen molar-refractivity contribution in [3.05, 3.63) is 28.2 Å². The molecule has 0 radical (unpaired) electrons. The van der Waals surface area contributed by atoms with Gasteiger partial charge in [-0.15, -0.1) is 0 Å². The highest BCUT2D eigenvalue weighted by Gasteiger charge is 2.12. The van der Waals surface area contributed by atoms with Gasteiger partial charge in [-0.3, -0.25) is 0 Å². The summed E-state index contributed by atoms with van der Waals surface area (Å²) in [6.07, 6.45) is 0. The summed E-state index contributed by atoms with van der Waals surface area (Å²) in [5.41, 5.74) is 6.49. The van der Waals surface area contributed by atoms with Gasteiger partial charge in [0, 0.05) is 5.56 Å². The molecule has 1 aromatic rings. The molecular formula is C9H12BrNO2. The first kappa shape index (κ1) is 10.5. The minimum absolute atomic E-state index is 0.0905. The smallest absolute Gasteiger partial charge is 0.137 e. The fourth-order valence-corrected chi connectivity index (χ4v) is 1.67. The molecule has 0 aromatic heterocycles. The summed E-state index contributed by atoms with van der Waals surface area (Å²) in [6, 6.07) is 5.17. The Bertz CT molecular complexity index is 291. The summed E-state index contributed by atoms with van der Waals surface area (Å²) < 4.78 is 6.00. The molecule has 72 valence electrons. The van der Waals surface area contributed by atoms with E-state index < -0.39 is 6.04 Å². The summed E-state index contributed by atoms with van der Waals surface area (Å²) in [7, 11) is 1.58. The Labute approximate surface area is 85.6 Å². The zero-order valence-corrected chi connectivity index (χ0v) is 8.91. The van der Waals surface area contributed by atoms with E-state index in [4.69, 9.17) is 15.6 Å². The molecule has 1 unspecified atom stereocenters. The van der Waals surface area contributed by atoms with Crippen molar-refractivity contribution in [1.82, 2.24) is 0 Å². The van der Waals surface area contributed by atoms with Gasteiger partial charge in [-0.25, -0.2) is 0 Å². The molecule has 1 rings (SSSR count). The van der Waals surface area contributed by atoms with Crippen molar-refractivity contribution in [2.45, 2.75) is 6.04 Å². The van der Waals surface area contributed by atoms with Crippen molar-refractivity contribution in [3.63, 3.8) is 0 Å². The lowest BCUT2D eigenvalue weighted by molar-refractivity contribution is 0.264. The average molecular weight is 246 g/mol. The number of nitrogens with two attached hydrogens (primary N) is 1. The van der Waals surface area contributed by atoms with Gasteiger partial charge in [0.2, 0.25) is 0 Å². The fraction of sp³-hybridized carbons (Fsp3) is 0.333. The van der Waals surface area contributed by atoms with Gasteiger partial charge in [0.15, 0.2) is 0 Å². The van der Waals surface area contributed by atoms with Crippen LogP contribution in [0.2, 0.25) is 0 Å². The minimum atomic E-state index is -0.396. The van der Waals surface area contributed by atoms with E-state index >= 15 is 0 Å². The maximum atomic E-state index is 8.90. The summed E-state index contributed by atoms with van der Waals surface area (Å²) >= 11 is 3.34. The average Bonchev–Trinajstić information content (AvgIpc) is 2.16. The highest BCUT2D eigenvalue weighted by Crippen LogP contribution is 2.31. The number of methoxy groups -OCH3 is 1. The van der Waals surface area contributed by atoms with E-state index in [1.807, 2.05) is 18.2 Å². The molecule has 1 aromatic carbocycles. The third-order valence-corrected chi connectivity index (χ3v) is 2.42. The van der Waals surface area contributed by atoms with Gasteiger partial charge in [0.1, 0.15) is 5.75 Å². The summed E-state index contributed by atoms with van der Waals surface area (Å²) in [6.45, 7) is -0.0905. The molecule has 0 saturated carbocycles. The molecule has 0 aliphatic rings. The Morgan fingerprint density at radius 2 is 2.31 bits per heavy atom.